The molecule has 0 radical (unpaired) electrons. The van der Waals surface area contributed by atoms with Gasteiger partial charge in [0.25, 0.3) is 5.91 Å². The second-order valence-electron chi connectivity index (χ2n) is 5.54. The van der Waals surface area contributed by atoms with Crippen molar-refractivity contribution in [2.24, 2.45) is 5.41 Å². The van der Waals surface area contributed by atoms with E-state index in [-0.39, 0.29) is 23.7 Å². The van der Waals surface area contributed by atoms with Gasteiger partial charge in [0.05, 0.1) is 13.7 Å². The molecule has 2 N–H and O–H groups in total. The highest BCUT2D eigenvalue weighted by Crippen LogP contribution is 2.29. The van der Waals surface area contributed by atoms with Gasteiger partial charge in [-0.3, -0.25) is 4.79 Å². The van der Waals surface area contributed by atoms with E-state index < -0.39 is 0 Å². The fraction of sp³-hybridized carbons (Fsp3) is 0.471. The van der Waals surface area contributed by atoms with E-state index >= 15 is 0 Å². The SMILES string of the molecule is CCC(CC)(CO)CNC(=O)c1cc2cccc(OC)c2o1. The van der Waals surface area contributed by atoms with E-state index in [1.54, 1.807) is 19.2 Å². The van der Waals surface area contributed by atoms with Crippen molar-refractivity contribution in [2.45, 2.75) is 26.7 Å². The van der Waals surface area contributed by atoms with E-state index in [0.717, 1.165) is 18.2 Å². The molecule has 0 fully saturated rings. The van der Waals surface area contributed by atoms with Gasteiger partial charge in [-0.2, -0.15) is 0 Å². The smallest absolute Gasteiger partial charge is 0.287 e. The average molecular weight is 305 g/mol. The first kappa shape index (κ1) is 16.4. The number of para-hydroxylation sites is 1. The zero-order valence-electron chi connectivity index (χ0n) is 13.3. The van der Waals surface area contributed by atoms with E-state index in [2.05, 4.69) is 5.32 Å². The molecule has 0 saturated heterocycles. The van der Waals surface area contributed by atoms with Crippen molar-refractivity contribution >= 4 is 16.9 Å². The van der Waals surface area contributed by atoms with Crippen LogP contribution in [0.25, 0.3) is 11.0 Å². The molecule has 0 aliphatic rings. The third kappa shape index (κ3) is 3.09. The zero-order chi connectivity index (χ0) is 16.2. The highest BCUT2D eigenvalue weighted by molar-refractivity contribution is 5.97. The number of rotatable bonds is 7. The number of hydrogen-bond acceptors (Lipinski definition) is 4. The van der Waals surface area contributed by atoms with Crippen LogP contribution in [0.5, 0.6) is 5.75 Å². The van der Waals surface area contributed by atoms with Crippen LogP contribution < -0.4 is 10.1 Å². The van der Waals surface area contributed by atoms with Crippen LogP contribution in [0.4, 0.5) is 0 Å². The van der Waals surface area contributed by atoms with Crippen molar-refractivity contribution < 1.29 is 19.1 Å². The first-order valence-electron chi connectivity index (χ1n) is 7.54. The van der Waals surface area contributed by atoms with Gasteiger partial charge < -0.3 is 19.6 Å². The molecule has 5 nitrogen and oxygen atoms in total. The lowest BCUT2D eigenvalue weighted by molar-refractivity contribution is 0.0829. The van der Waals surface area contributed by atoms with Crippen molar-refractivity contribution in [1.82, 2.24) is 5.32 Å². The van der Waals surface area contributed by atoms with Gasteiger partial charge in [0.1, 0.15) is 0 Å². The number of ether oxygens (including phenoxy) is 1. The lowest BCUT2D eigenvalue weighted by Gasteiger charge is -2.29. The fourth-order valence-corrected chi connectivity index (χ4v) is 2.44. The second-order valence-corrected chi connectivity index (χ2v) is 5.54. The molecule has 2 rings (SSSR count). The fourth-order valence-electron chi connectivity index (χ4n) is 2.44. The minimum atomic E-state index is -0.280. The lowest BCUT2D eigenvalue weighted by Crippen LogP contribution is -2.39. The van der Waals surface area contributed by atoms with Gasteiger partial charge in [0.2, 0.25) is 0 Å². The molecule has 0 aliphatic carbocycles. The normalized spacial score (nSPS) is 11.6. The summed E-state index contributed by atoms with van der Waals surface area (Å²) in [5.74, 6) is 0.569. The van der Waals surface area contributed by atoms with Gasteiger partial charge in [0, 0.05) is 17.3 Å². The summed E-state index contributed by atoms with van der Waals surface area (Å²) < 4.78 is 10.8. The molecule has 22 heavy (non-hydrogen) atoms. The minimum absolute atomic E-state index is 0.0498. The molecular weight excluding hydrogens is 282 g/mol. The van der Waals surface area contributed by atoms with E-state index in [0.29, 0.717) is 17.9 Å². The molecule has 0 unspecified atom stereocenters. The molecule has 5 heteroatoms. The number of benzene rings is 1. The molecule has 1 aromatic heterocycles. The molecule has 0 aliphatic heterocycles. The van der Waals surface area contributed by atoms with Gasteiger partial charge in [-0.05, 0) is 25.0 Å². The second kappa shape index (κ2) is 6.83. The molecule has 0 atom stereocenters. The number of aliphatic hydroxyl groups is 1. The molecule has 1 heterocycles. The number of hydrogen-bond donors (Lipinski definition) is 2. The standard InChI is InChI=1S/C17H23NO4/c1-4-17(5-2,11-19)10-18-16(20)14-9-12-7-6-8-13(21-3)15(12)22-14/h6-9,19H,4-5,10-11H2,1-3H3,(H,18,20). The predicted octanol–water partition coefficient (Wildman–Crippen LogP) is 2.97. The van der Waals surface area contributed by atoms with Crippen LogP contribution in [0, 0.1) is 5.41 Å². The number of methoxy groups -OCH3 is 1. The van der Waals surface area contributed by atoms with Crippen molar-refractivity contribution in [3.05, 3.63) is 30.0 Å². The van der Waals surface area contributed by atoms with Gasteiger partial charge in [-0.1, -0.05) is 26.0 Å². The number of aliphatic hydroxyl groups excluding tert-OH is 1. The Labute approximate surface area is 130 Å². The molecule has 0 spiro atoms. The van der Waals surface area contributed by atoms with E-state index in [1.807, 2.05) is 26.0 Å². The number of furan rings is 1. The van der Waals surface area contributed by atoms with Crippen LogP contribution in [0.2, 0.25) is 0 Å². The summed E-state index contributed by atoms with van der Waals surface area (Å²) in [5.41, 5.74) is 0.286. The molecule has 120 valence electrons. The van der Waals surface area contributed by atoms with Crippen molar-refractivity contribution in [1.29, 1.82) is 0 Å². The molecule has 2 aromatic rings. The number of carbonyl (C=O) groups is 1. The van der Waals surface area contributed by atoms with Crippen LogP contribution in [0.15, 0.2) is 28.7 Å². The highest BCUT2D eigenvalue weighted by atomic mass is 16.5. The Morgan fingerprint density at radius 3 is 2.68 bits per heavy atom. The van der Waals surface area contributed by atoms with Crippen LogP contribution >= 0.6 is 0 Å². The summed E-state index contributed by atoms with van der Waals surface area (Å²) in [5, 5.41) is 13.2. The largest absolute Gasteiger partial charge is 0.493 e. The average Bonchev–Trinajstić information content (AvgIpc) is 3.00. The number of nitrogens with one attached hydrogen (secondary N) is 1. The van der Waals surface area contributed by atoms with E-state index in [1.165, 1.54) is 0 Å². The summed E-state index contributed by atoms with van der Waals surface area (Å²) in [6, 6.07) is 7.21. The summed E-state index contributed by atoms with van der Waals surface area (Å²) in [6.45, 7) is 4.49. The summed E-state index contributed by atoms with van der Waals surface area (Å²) in [7, 11) is 1.56. The predicted molar refractivity (Wildman–Crippen MR) is 85.2 cm³/mol. The quantitative estimate of drug-likeness (QED) is 0.825. The molecule has 1 aromatic carbocycles. The van der Waals surface area contributed by atoms with Crippen molar-refractivity contribution in [2.75, 3.05) is 20.3 Å². The van der Waals surface area contributed by atoms with Crippen molar-refractivity contribution in [3.8, 4) is 5.75 Å². The Morgan fingerprint density at radius 1 is 1.36 bits per heavy atom. The van der Waals surface area contributed by atoms with E-state index in [4.69, 9.17) is 9.15 Å². The van der Waals surface area contributed by atoms with Crippen LogP contribution in [0.3, 0.4) is 0 Å². The Hall–Kier alpha value is -2.01. The van der Waals surface area contributed by atoms with Crippen LogP contribution in [-0.4, -0.2) is 31.3 Å². The topological polar surface area (TPSA) is 71.7 Å². The first-order valence-corrected chi connectivity index (χ1v) is 7.54. The first-order chi connectivity index (χ1) is 10.6. The Morgan fingerprint density at radius 2 is 2.09 bits per heavy atom. The maximum absolute atomic E-state index is 12.3. The maximum Gasteiger partial charge on any atom is 0.287 e. The summed E-state index contributed by atoms with van der Waals surface area (Å²) in [6.07, 6.45) is 1.60. The summed E-state index contributed by atoms with van der Waals surface area (Å²) in [4.78, 5) is 12.3. The van der Waals surface area contributed by atoms with E-state index in [9.17, 15) is 9.90 Å². The van der Waals surface area contributed by atoms with Gasteiger partial charge in [-0.15, -0.1) is 0 Å². The van der Waals surface area contributed by atoms with Crippen LogP contribution in [-0.2, 0) is 0 Å². The van der Waals surface area contributed by atoms with Crippen LogP contribution in [0.1, 0.15) is 37.2 Å². The Bertz CT molecular complexity index is 635. The maximum atomic E-state index is 12.3. The Kier molecular flexibility index (Phi) is 5.08. The molecule has 1 amide bonds. The minimum Gasteiger partial charge on any atom is -0.493 e. The lowest BCUT2D eigenvalue weighted by atomic mass is 9.83. The molecule has 0 bridgehead atoms. The third-order valence-corrected chi connectivity index (χ3v) is 4.41. The van der Waals surface area contributed by atoms with Crippen molar-refractivity contribution in [3.63, 3.8) is 0 Å². The molecule has 0 saturated carbocycles. The van der Waals surface area contributed by atoms with Gasteiger partial charge in [0.15, 0.2) is 17.1 Å². The summed E-state index contributed by atoms with van der Waals surface area (Å²) >= 11 is 0. The monoisotopic (exact) mass is 305 g/mol. The number of carbonyl (C=O) groups excluding carboxylic acids is 1. The third-order valence-electron chi connectivity index (χ3n) is 4.41. The number of amides is 1. The van der Waals surface area contributed by atoms with Gasteiger partial charge in [-0.25, -0.2) is 0 Å². The number of fused-ring (bicyclic) bond motifs is 1. The Balaban J connectivity index is 2.16. The molecular formula is C17H23NO4. The highest BCUT2D eigenvalue weighted by Gasteiger charge is 2.26. The van der Waals surface area contributed by atoms with Gasteiger partial charge >= 0.3 is 0 Å². The zero-order valence-corrected chi connectivity index (χ0v) is 13.3.